The van der Waals surface area contributed by atoms with Crippen LogP contribution in [0.4, 0.5) is 0 Å². The minimum atomic E-state index is 0.651. The molecule has 1 aromatic rings. The zero-order valence-corrected chi connectivity index (χ0v) is 11.9. The smallest absolute Gasteiger partial charge is 0.213 e. The molecule has 1 saturated heterocycles. The van der Waals surface area contributed by atoms with Crippen molar-refractivity contribution in [2.45, 2.75) is 31.8 Å². The van der Waals surface area contributed by atoms with Gasteiger partial charge in [-0.2, -0.15) is 0 Å². The number of thioether (sulfide) groups is 1. The summed E-state index contributed by atoms with van der Waals surface area (Å²) in [5.41, 5.74) is 1.13. The molecule has 0 amide bonds. The van der Waals surface area contributed by atoms with Crippen LogP contribution >= 0.6 is 11.8 Å². The molecule has 2 aliphatic rings. The minimum absolute atomic E-state index is 0.651. The zero-order chi connectivity index (χ0) is 13.1. The van der Waals surface area contributed by atoms with Crippen LogP contribution in [0.25, 0.3) is 0 Å². The quantitative estimate of drug-likeness (QED) is 0.922. The van der Waals surface area contributed by atoms with Gasteiger partial charge >= 0.3 is 0 Å². The van der Waals surface area contributed by atoms with Gasteiger partial charge in [-0.25, -0.2) is 4.98 Å². The molecule has 19 heavy (non-hydrogen) atoms. The Bertz CT molecular complexity index is 478. The monoisotopic (exact) mass is 277 g/mol. The topological polar surface area (TPSA) is 46.5 Å². The van der Waals surface area contributed by atoms with Gasteiger partial charge in [-0.1, -0.05) is 18.2 Å². The van der Waals surface area contributed by atoms with E-state index >= 15 is 0 Å². The van der Waals surface area contributed by atoms with Crippen molar-refractivity contribution in [1.82, 2.24) is 10.3 Å². The number of aliphatic imine (C=N–C) groups is 1. The zero-order valence-electron chi connectivity index (χ0n) is 11.1. The van der Waals surface area contributed by atoms with Gasteiger partial charge in [-0.3, -0.25) is 4.99 Å². The van der Waals surface area contributed by atoms with Crippen LogP contribution in [0, 0.1) is 5.92 Å². The number of hydrogen-bond acceptors (Lipinski definition) is 4. The van der Waals surface area contributed by atoms with Crippen LogP contribution in [-0.4, -0.2) is 29.1 Å². The SMILES string of the molecule is COc1cc(CN=C2NC3CCCC3CS2)ccn1. The maximum absolute atomic E-state index is 5.12. The molecule has 0 aromatic carbocycles. The fourth-order valence-corrected chi connectivity index (χ4v) is 3.89. The lowest BCUT2D eigenvalue weighted by Crippen LogP contribution is -2.41. The molecule has 2 unspecified atom stereocenters. The number of aromatic nitrogens is 1. The van der Waals surface area contributed by atoms with Gasteiger partial charge in [-0.15, -0.1) is 0 Å². The first-order valence-electron chi connectivity index (χ1n) is 6.78. The predicted molar refractivity (Wildman–Crippen MR) is 78.7 cm³/mol. The highest BCUT2D eigenvalue weighted by Crippen LogP contribution is 2.32. The Kier molecular flexibility index (Phi) is 3.92. The van der Waals surface area contributed by atoms with Crippen LogP contribution in [0.2, 0.25) is 0 Å². The van der Waals surface area contributed by atoms with Crippen molar-refractivity contribution in [1.29, 1.82) is 0 Å². The molecular weight excluding hydrogens is 258 g/mol. The molecule has 1 aromatic heterocycles. The fraction of sp³-hybridized carbons (Fsp3) is 0.571. The van der Waals surface area contributed by atoms with E-state index < -0.39 is 0 Å². The molecule has 2 heterocycles. The third kappa shape index (κ3) is 3.03. The van der Waals surface area contributed by atoms with Gasteiger partial charge in [0.1, 0.15) is 0 Å². The minimum Gasteiger partial charge on any atom is -0.481 e. The number of pyridine rings is 1. The summed E-state index contributed by atoms with van der Waals surface area (Å²) >= 11 is 1.86. The summed E-state index contributed by atoms with van der Waals surface area (Å²) in [7, 11) is 1.64. The molecule has 3 rings (SSSR count). The van der Waals surface area contributed by atoms with Crippen LogP contribution in [0.5, 0.6) is 5.88 Å². The Balaban J connectivity index is 1.62. The van der Waals surface area contributed by atoms with E-state index in [1.807, 2.05) is 23.9 Å². The summed E-state index contributed by atoms with van der Waals surface area (Å²) in [6, 6.07) is 4.58. The van der Waals surface area contributed by atoms with Crippen LogP contribution < -0.4 is 10.1 Å². The lowest BCUT2D eigenvalue weighted by atomic mass is 10.1. The second-order valence-corrected chi connectivity index (χ2v) is 6.09. The first-order chi connectivity index (χ1) is 9.35. The second kappa shape index (κ2) is 5.82. The fourth-order valence-electron chi connectivity index (χ4n) is 2.73. The van der Waals surface area contributed by atoms with Gasteiger partial charge in [0.15, 0.2) is 5.17 Å². The Morgan fingerprint density at radius 2 is 2.47 bits per heavy atom. The summed E-state index contributed by atoms with van der Waals surface area (Å²) in [5, 5.41) is 4.68. The molecule has 5 heteroatoms. The predicted octanol–water partition coefficient (Wildman–Crippen LogP) is 2.45. The van der Waals surface area contributed by atoms with Gasteiger partial charge in [0.05, 0.1) is 13.7 Å². The maximum atomic E-state index is 5.12. The molecule has 0 bridgehead atoms. The number of hydrogen-bond donors (Lipinski definition) is 1. The Hall–Kier alpha value is -1.23. The van der Waals surface area contributed by atoms with Crippen molar-refractivity contribution < 1.29 is 4.74 Å². The summed E-state index contributed by atoms with van der Waals surface area (Å²) in [4.78, 5) is 8.78. The number of nitrogens with zero attached hydrogens (tertiary/aromatic N) is 2. The van der Waals surface area contributed by atoms with Crippen molar-refractivity contribution in [3.8, 4) is 5.88 Å². The molecule has 1 aliphatic carbocycles. The molecule has 1 N–H and O–H groups in total. The molecular formula is C14H19N3OS. The number of fused-ring (bicyclic) bond motifs is 1. The number of nitrogens with one attached hydrogen (secondary N) is 1. The van der Waals surface area contributed by atoms with Gasteiger partial charge in [-0.05, 0) is 30.4 Å². The van der Waals surface area contributed by atoms with Crippen molar-refractivity contribution in [2.75, 3.05) is 12.9 Å². The number of rotatable bonds is 3. The number of methoxy groups -OCH3 is 1. The van der Waals surface area contributed by atoms with E-state index in [1.165, 1.54) is 25.0 Å². The van der Waals surface area contributed by atoms with Crippen molar-refractivity contribution >= 4 is 16.9 Å². The first-order valence-corrected chi connectivity index (χ1v) is 7.76. The van der Waals surface area contributed by atoms with E-state index in [2.05, 4.69) is 15.3 Å². The Morgan fingerprint density at radius 3 is 3.37 bits per heavy atom. The van der Waals surface area contributed by atoms with E-state index in [0.29, 0.717) is 18.5 Å². The van der Waals surface area contributed by atoms with E-state index in [4.69, 9.17) is 4.74 Å². The molecule has 2 fully saturated rings. The van der Waals surface area contributed by atoms with E-state index in [9.17, 15) is 0 Å². The van der Waals surface area contributed by atoms with Gasteiger partial charge < -0.3 is 10.1 Å². The Labute approximate surface area is 118 Å². The van der Waals surface area contributed by atoms with E-state index in [1.54, 1.807) is 13.3 Å². The van der Waals surface area contributed by atoms with Gasteiger partial charge in [0.2, 0.25) is 5.88 Å². The van der Waals surface area contributed by atoms with Gasteiger partial charge in [0, 0.05) is 24.1 Å². The number of amidine groups is 1. The highest BCUT2D eigenvalue weighted by molar-refractivity contribution is 8.13. The third-order valence-corrected chi connectivity index (χ3v) is 4.93. The molecule has 2 atom stereocenters. The van der Waals surface area contributed by atoms with Crippen molar-refractivity contribution in [2.24, 2.45) is 10.9 Å². The first kappa shape index (κ1) is 12.8. The molecule has 0 radical (unpaired) electrons. The highest BCUT2D eigenvalue weighted by atomic mass is 32.2. The highest BCUT2D eigenvalue weighted by Gasteiger charge is 2.31. The number of ether oxygens (including phenoxy) is 1. The lowest BCUT2D eigenvalue weighted by Gasteiger charge is -2.28. The van der Waals surface area contributed by atoms with Crippen LogP contribution in [0.15, 0.2) is 23.3 Å². The van der Waals surface area contributed by atoms with Crippen LogP contribution in [0.1, 0.15) is 24.8 Å². The average Bonchev–Trinajstić information content (AvgIpc) is 2.93. The molecule has 0 spiro atoms. The summed E-state index contributed by atoms with van der Waals surface area (Å²) < 4.78 is 5.12. The normalized spacial score (nSPS) is 27.9. The molecule has 1 aliphatic heterocycles. The molecule has 1 saturated carbocycles. The summed E-state index contributed by atoms with van der Waals surface area (Å²) in [6.07, 6.45) is 5.80. The Morgan fingerprint density at radius 1 is 1.53 bits per heavy atom. The molecule has 4 nitrogen and oxygen atoms in total. The largest absolute Gasteiger partial charge is 0.481 e. The summed E-state index contributed by atoms with van der Waals surface area (Å²) in [5.74, 6) is 2.72. The van der Waals surface area contributed by atoms with E-state index in [0.717, 1.165) is 16.6 Å². The van der Waals surface area contributed by atoms with E-state index in [-0.39, 0.29) is 0 Å². The second-order valence-electron chi connectivity index (χ2n) is 5.08. The standard InChI is InChI=1S/C14H19N3OS/c1-18-13-7-10(5-6-15-13)8-16-14-17-12-4-2-3-11(12)9-19-14/h5-7,11-12H,2-4,8-9H2,1H3,(H,16,17). The third-order valence-electron chi connectivity index (χ3n) is 3.82. The molecule has 102 valence electrons. The van der Waals surface area contributed by atoms with Gasteiger partial charge in [0.25, 0.3) is 0 Å². The maximum Gasteiger partial charge on any atom is 0.213 e. The lowest BCUT2D eigenvalue weighted by molar-refractivity contribution is 0.397. The summed E-state index contributed by atoms with van der Waals surface area (Å²) in [6.45, 7) is 0.686. The van der Waals surface area contributed by atoms with Crippen LogP contribution in [0.3, 0.4) is 0 Å². The average molecular weight is 277 g/mol. The van der Waals surface area contributed by atoms with Crippen molar-refractivity contribution in [3.63, 3.8) is 0 Å². The van der Waals surface area contributed by atoms with Crippen LogP contribution in [-0.2, 0) is 6.54 Å². The van der Waals surface area contributed by atoms with Crippen molar-refractivity contribution in [3.05, 3.63) is 23.9 Å².